The van der Waals surface area contributed by atoms with Gasteiger partial charge in [0.2, 0.25) is 11.0 Å². The van der Waals surface area contributed by atoms with Crippen LogP contribution in [0.1, 0.15) is 19.4 Å². The van der Waals surface area contributed by atoms with Gasteiger partial charge in [0.15, 0.2) is 0 Å². The van der Waals surface area contributed by atoms with Gasteiger partial charge >= 0.3 is 5.69 Å². The average molecular weight is 229 g/mol. The van der Waals surface area contributed by atoms with E-state index in [0.717, 1.165) is 5.56 Å². The first kappa shape index (κ1) is 10.2. The van der Waals surface area contributed by atoms with E-state index in [1.165, 1.54) is 6.07 Å². The minimum atomic E-state index is -0.541. The summed E-state index contributed by atoms with van der Waals surface area (Å²) >= 11 is 5.66. The van der Waals surface area contributed by atoms with Gasteiger partial charge in [-0.1, -0.05) is 11.6 Å². The zero-order valence-electron chi connectivity index (χ0n) is 8.28. The molecule has 0 spiro atoms. The molecule has 1 aromatic heterocycles. The number of ether oxygens (including phenoxy) is 1. The number of hydrogen-bond acceptors (Lipinski definition) is 4. The fourth-order valence-corrected chi connectivity index (χ4v) is 1.80. The van der Waals surface area contributed by atoms with Crippen LogP contribution in [0.5, 0.6) is 5.88 Å². The zero-order chi connectivity index (χ0) is 11.2. The first-order valence-electron chi connectivity index (χ1n) is 4.42. The maximum absolute atomic E-state index is 10.6. The van der Waals surface area contributed by atoms with Crippen molar-refractivity contribution in [1.82, 2.24) is 4.98 Å². The Bertz CT molecular complexity index is 445. The Labute approximate surface area is 91.2 Å². The second-order valence-corrected chi connectivity index (χ2v) is 4.42. The Morgan fingerprint density at radius 2 is 2.33 bits per heavy atom. The number of halogens is 1. The van der Waals surface area contributed by atoms with Crippen LogP contribution < -0.4 is 4.74 Å². The van der Waals surface area contributed by atoms with E-state index in [-0.39, 0.29) is 16.4 Å². The molecular weight excluding hydrogens is 220 g/mol. The molecule has 5 nitrogen and oxygen atoms in total. The topological polar surface area (TPSA) is 65.3 Å². The molecule has 2 rings (SSSR count). The van der Waals surface area contributed by atoms with E-state index in [2.05, 4.69) is 4.98 Å². The van der Waals surface area contributed by atoms with Crippen LogP contribution >= 0.6 is 11.6 Å². The molecule has 0 saturated carbocycles. The van der Waals surface area contributed by atoms with E-state index >= 15 is 0 Å². The Morgan fingerprint density at radius 3 is 2.93 bits per heavy atom. The highest BCUT2D eigenvalue weighted by atomic mass is 35.5. The molecule has 6 heteroatoms. The predicted octanol–water partition coefficient (Wildman–Crippen LogP) is 2.36. The van der Waals surface area contributed by atoms with E-state index < -0.39 is 4.92 Å². The van der Waals surface area contributed by atoms with Crippen molar-refractivity contribution < 1.29 is 9.66 Å². The Morgan fingerprint density at radius 1 is 1.67 bits per heavy atom. The second-order valence-electron chi connectivity index (χ2n) is 4.06. The summed E-state index contributed by atoms with van der Waals surface area (Å²) in [6.45, 7) is 3.79. The summed E-state index contributed by atoms with van der Waals surface area (Å²) in [5.74, 6) is 0.399. The summed E-state index contributed by atoms with van der Waals surface area (Å²) in [4.78, 5) is 14.0. The number of aromatic nitrogens is 1. The molecule has 0 atom stereocenters. The highest BCUT2D eigenvalue weighted by Crippen LogP contribution is 2.37. The van der Waals surface area contributed by atoms with E-state index in [1.54, 1.807) is 0 Å². The summed E-state index contributed by atoms with van der Waals surface area (Å²) < 4.78 is 5.49. The molecule has 15 heavy (non-hydrogen) atoms. The van der Waals surface area contributed by atoms with Crippen LogP contribution in [0.25, 0.3) is 0 Å². The molecule has 0 unspecified atom stereocenters. The molecule has 0 fully saturated rings. The van der Waals surface area contributed by atoms with Gasteiger partial charge in [-0.3, -0.25) is 10.1 Å². The van der Waals surface area contributed by atoms with Gasteiger partial charge in [0.1, 0.15) is 5.60 Å². The number of pyridine rings is 1. The van der Waals surface area contributed by atoms with Gasteiger partial charge in [0, 0.05) is 18.1 Å². The summed E-state index contributed by atoms with van der Waals surface area (Å²) in [5.41, 5.74) is 0.196. The third-order valence-corrected chi connectivity index (χ3v) is 2.46. The smallest absolute Gasteiger partial charge is 0.307 e. The molecule has 0 bridgehead atoms. The third-order valence-electron chi connectivity index (χ3n) is 2.18. The molecule has 2 heterocycles. The van der Waals surface area contributed by atoms with Crippen molar-refractivity contribution in [2.75, 3.05) is 0 Å². The van der Waals surface area contributed by atoms with Gasteiger partial charge in [0.25, 0.3) is 0 Å². The standard InChI is InChI=1S/C9H9ClN2O3/c1-9(2)4-5-3-6(12(13)14)7(10)11-8(5)15-9/h3H,4H2,1-2H3. The van der Waals surface area contributed by atoms with Crippen molar-refractivity contribution in [3.8, 4) is 5.88 Å². The van der Waals surface area contributed by atoms with Gasteiger partial charge in [-0.2, -0.15) is 4.98 Å². The first-order valence-corrected chi connectivity index (χ1v) is 4.80. The lowest BCUT2D eigenvalue weighted by atomic mass is 10.0. The van der Waals surface area contributed by atoms with Crippen LogP contribution in [-0.4, -0.2) is 15.5 Å². The Hall–Kier alpha value is -1.36. The number of rotatable bonds is 1. The molecule has 0 aromatic carbocycles. The number of hydrogen-bond donors (Lipinski definition) is 0. The molecule has 0 saturated heterocycles. The quantitative estimate of drug-likeness (QED) is 0.420. The number of nitro groups is 1. The lowest BCUT2D eigenvalue weighted by Gasteiger charge is -2.15. The predicted molar refractivity (Wildman–Crippen MR) is 54.3 cm³/mol. The molecule has 1 aliphatic heterocycles. The van der Waals surface area contributed by atoms with Crippen molar-refractivity contribution in [2.45, 2.75) is 25.9 Å². The normalized spacial score (nSPS) is 17.0. The van der Waals surface area contributed by atoms with Gasteiger partial charge in [-0.05, 0) is 13.8 Å². The average Bonchev–Trinajstić information content (AvgIpc) is 2.36. The maximum Gasteiger partial charge on any atom is 0.307 e. The fourth-order valence-electron chi connectivity index (χ4n) is 1.60. The molecule has 0 N–H and O–H groups in total. The molecule has 1 aliphatic rings. The number of nitrogens with zero attached hydrogens (tertiary/aromatic N) is 2. The van der Waals surface area contributed by atoms with Gasteiger partial charge < -0.3 is 4.74 Å². The number of fused-ring (bicyclic) bond motifs is 1. The Kier molecular flexibility index (Phi) is 2.08. The van der Waals surface area contributed by atoms with E-state index in [0.29, 0.717) is 12.3 Å². The molecule has 0 amide bonds. The second kappa shape index (κ2) is 3.06. The van der Waals surface area contributed by atoms with Gasteiger partial charge in [0.05, 0.1) is 4.92 Å². The van der Waals surface area contributed by atoms with Crippen molar-refractivity contribution in [2.24, 2.45) is 0 Å². The van der Waals surface area contributed by atoms with E-state index in [1.807, 2.05) is 13.8 Å². The lowest BCUT2D eigenvalue weighted by molar-refractivity contribution is -0.385. The third kappa shape index (κ3) is 1.74. The van der Waals surface area contributed by atoms with Gasteiger partial charge in [-0.25, -0.2) is 0 Å². The van der Waals surface area contributed by atoms with Crippen molar-refractivity contribution in [3.05, 3.63) is 26.9 Å². The Balaban J connectivity index is 2.50. The summed E-state index contributed by atoms with van der Waals surface area (Å²) in [6.07, 6.45) is 0.605. The zero-order valence-corrected chi connectivity index (χ0v) is 9.04. The largest absolute Gasteiger partial charge is 0.471 e. The van der Waals surface area contributed by atoms with Crippen LogP contribution in [0, 0.1) is 10.1 Å². The highest BCUT2D eigenvalue weighted by molar-refractivity contribution is 6.31. The monoisotopic (exact) mass is 228 g/mol. The van der Waals surface area contributed by atoms with E-state index in [9.17, 15) is 10.1 Å². The summed E-state index contributed by atoms with van der Waals surface area (Å²) in [5, 5.41) is 10.5. The first-order chi connectivity index (χ1) is 6.89. The molecule has 0 aliphatic carbocycles. The molecular formula is C9H9ClN2O3. The van der Waals surface area contributed by atoms with Crippen LogP contribution in [0.4, 0.5) is 5.69 Å². The van der Waals surface area contributed by atoms with Crippen LogP contribution in [0.3, 0.4) is 0 Å². The van der Waals surface area contributed by atoms with Crippen LogP contribution in [0.2, 0.25) is 5.15 Å². The molecule has 1 aromatic rings. The minimum Gasteiger partial charge on any atom is -0.471 e. The van der Waals surface area contributed by atoms with Crippen LogP contribution in [-0.2, 0) is 6.42 Å². The minimum absolute atomic E-state index is 0.128. The molecule has 0 radical (unpaired) electrons. The maximum atomic E-state index is 10.6. The highest BCUT2D eigenvalue weighted by Gasteiger charge is 2.33. The summed E-state index contributed by atoms with van der Waals surface area (Å²) in [7, 11) is 0. The fraction of sp³-hybridized carbons (Fsp3) is 0.444. The SMILES string of the molecule is CC1(C)Cc2cc([N+](=O)[O-])c(Cl)nc2O1. The summed E-state index contributed by atoms with van der Waals surface area (Å²) in [6, 6.07) is 1.43. The van der Waals surface area contributed by atoms with Crippen molar-refractivity contribution >= 4 is 17.3 Å². The van der Waals surface area contributed by atoms with Crippen molar-refractivity contribution in [3.63, 3.8) is 0 Å². The van der Waals surface area contributed by atoms with Crippen LogP contribution in [0.15, 0.2) is 6.07 Å². The lowest BCUT2D eigenvalue weighted by Crippen LogP contribution is -2.24. The van der Waals surface area contributed by atoms with Gasteiger partial charge in [-0.15, -0.1) is 0 Å². The van der Waals surface area contributed by atoms with Crippen molar-refractivity contribution in [1.29, 1.82) is 0 Å². The molecule has 80 valence electrons. The van der Waals surface area contributed by atoms with E-state index in [4.69, 9.17) is 16.3 Å².